The van der Waals surface area contributed by atoms with Crippen LogP contribution >= 0.6 is 8.58 Å². The van der Waals surface area contributed by atoms with E-state index in [2.05, 4.69) is 38.1 Å². The number of hydrogen-bond acceptors (Lipinski definition) is 0. The molecule has 1 aromatic carbocycles. The van der Waals surface area contributed by atoms with Gasteiger partial charge in [-0.2, -0.15) is 0 Å². The first-order chi connectivity index (χ1) is 14.0. The van der Waals surface area contributed by atoms with Crippen molar-refractivity contribution in [2.45, 2.75) is 101 Å². The third-order valence-corrected chi connectivity index (χ3v) is 12.3. The topological polar surface area (TPSA) is 0 Å². The van der Waals surface area contributed by atoms with Crippen LogP contribution in [0.25, 0.3) is 0 Å². The molecule has 1 heteroatoms. The van der Waals surface area contributed by atoms with Crippen LogP contribution in [0.4, 0.5) is 0 Å². The smallest absolute Gasteiger partial charge is 0.0109 e. The van der Waals surface area contributed by atoms with Gasteiger partial charge in [0.05, 0.1) is 0 Å². The van der Waals surface area contributed by atoms with Crippen LogP contribution in [0.1, 0.15) is 88.2 Å². The molecule has 0 N–H and O–H groups in total. The summed E-state index contributed by atoms with van der Waals surface area (Å²) in [4.78, 5) is 0. The lowest BCUT2D eigenvalue weighted by molar-refractivity contribution is 0.0210. The lowest BCUT2D eigenvalue weighted by Gasteiger charge is -2.63. The van der Waals surface area contributed by atoms with Crippen molar-refractivity contribution in [2.24, 2.45) is 35.5 Å². The van der Waals surface area contributed by atoms with E-state index < -0.39 is 0 Å². The average molecular weight is 409 g/mol. The van der Waals surface area contributed by atoms with E-state index in [0.717, 1.165) is 45.8 Å². The fourth-order valence-corrected chi connectivity index (χ4v) is 13.2. The fourth-order valence-electron chi connectivity index (χ4n) is 9.75. The summed E-state index contributed by atoms with van der Waals surface area (Å²) in [6, 6.07) is 8.36. The number of rotatable bonds is 2. The van der Waals surface area contributed by atoms with Crippen molar-refractivity contribution in [1.29, 1.82) is 0 Å². The zero-order chi connectivity index (χ0) is 19.6. The first-order valence-electron chi connectivity index (χ1n) is 12.8. The van der Waals surface area contributed by atoms with Gasteiger partial charge < -0.3 is 0 Å². The highest BCUT2D eigenvalue weighted by atomic mass is 31.1. The number of benzene rings is 1. The van der Waals surface area contributed by atoms with Crippen LogP contribution in [0.5, 0.6) is 0 Å². The normalized spacial score (nSPS) is 48.9. The van der Waals surface area contributed by atoms with Gasteiger partial charge in [-0.3, -0.25) is 0 Å². The van der Waals surface area contributed by atoms with Gasteiger partial charge in [-0.15, -0.1) is 8.58 Å². The molecule has 8 aliphatic rings. The van der Waals surface area contributed by atoms with Gasteiger partial charge in [-0.25, -0.2) is 0 Å². The molecular weight excluding hydrogens is 367 g/mol. The van der Waals surface area contributed by atoms with Crippen LogP contribution in [0.3, 0.4) is 0 Å². The molecule has 0 heterocycles. The summed E-state index contributed by atoms with van der Waals surface area (Å²) >= 11 is 0. The average Bonchev–Trinajstić information content (AvgIpc) is 2.61. The van der Waals surface area contributed by atoms with Crippen molar-refractivity contribution in [3.63, 3.8) is 0 Å². The molecule has 0 aliphatic heterocycles. The minimum atomic E-state index is 0.875. The maximum atomic E-state index is 2.12. The van der Waals surface area contributed by atoms with Crippen LogP contribution < -0.4 is 0 Å². The van der Waals surface area contributed by atoms with Gasteiger partial charge in [-0.05, 0) is 148 Å². The van der Waals surface area contributed by atoms with Crippen LogP contribution in [0.15, 0.2) is 24.3 Å². The third kappa shape index (κ3) is 3.64. The second-order valence-electron chi connectivity index (χ2n) is 12.6. The van der Waals surface area contributed by atoms with E-state index in [1.807, 2.05) is 0 Å². The second kappa shape index (κ2) is 7.08. The van der Waals surface area contributed by atoms with E-state index in [-0.39, 0.29) is 0 Å². The van der Waals surface area contributed by atoms with Gasteiger partial charge in [0.25, 0.3) is 0 Å². The minimum absolute atomic E-state index is 0.875. The molecular formula is C28H41P. The Bertz CT molecular complexity index is 628. The van der Waals surface area contributed by atoms with Crippen molar-refractivity contribution >= 4 is 8.58 Å². The van der Waals surface area contributed by atoms with Gasteiger partial charge in [-0.1, -0.05) is 24.3 Å². The van der Waals surface area contributed by atoms with E-state index in [1.54, 1.807) is 77.0 Å². The van der Waals surface area contributed by atoms with Crippen LogP contribution in [0.2, 0.25) is 0 Å². The zero-order valence-corrected chi connectivity index (χ0v) is 19.8. The molecule has 0 spiro atoms. The molecule has 158 valence electrons. The van der Waals surface area contributed by atoms with Crippen molar-refractivity contribution in [2.75, 3.05) is 0 Å². The van der Waals surface area contributed by atoms with Crippen molar-refractivity contribution < 1.29 is 0 Å². The molecule has 29 heavy (non-hydrogen) atoms. The van der Waals surface area contributed by atoms with Gasteiger partial charge in [0, 0.05) is 0 Å². The molecule has 8 fully saturated rings. The van der Waals surface area contributed by atoms with E-state index in [1.165, 1.54) is 19.7 Å². The zero-order valence-electron chi connectivity index (χ0n) is 18.8. The molecule has 9 rings (SSSR count). The predicted octanol–water partition coefficient (Wildman–Crippen LogP) is 7.91. The Hall–Kier alpha value is -0.350. The van der Waals surface area contributed by atoms with Crippen LogP contribution in [-0.4, -0.2) is 10.3 Å². The molecule has 1 aromatic rings. The lowest BCUT2D eigenvalue weighted by Crippen LogP contribution is -2.53. The number of aryl methyl sites for hydroxylation is 2. The highest BCUT2D eigenvalue weighted by Gasteiger charge is 2.57. The maximum Gasteiger partial charge on any atom is -0.0109 e. The van der Waals surface area contributed by atoms with E-state index in [9.17, 15) is 0 Å². The molecule has 8 bridgehead atoms. The quantitative estimate of drug-likeness (QED) is 0.436. The Labute approximate surface area is 180 Å². The van der Waals surface area contributed by atoms with Gasteiger partial charge in [0.1, 0.15) is 0 Å². The Morgan fingerprint density at radius 3 is 1.07 bits per heavy atom. The molecule has 8 aliphatic carbocycles. The molecule has 0 atom stereocenters. The SMILES string of the molecule is C1C2CC3CC1CC(PC14CC5CC(CC(C5)C1)C4)(C2)C3.Cc1ccccc1C. The summed E-state index contributed by atoms with van der Waals surface area (Å²) in [6.45, 7) is 4.24. The van der Waals surface area contributed by atoms with E-state index in [4.69, 9.17) is 0 Å². The number of hydrogen-bond donors (Lipinski definition) is 0. The monoisotopic (exact) mass is 408 g/mol. The van der Waals surface area contributed by atoms with Crippen molar-refractivity contribution in [1.82, 2.24) is 0 Å². The summed E-state index contributed by atoms with van der Waals surface area (Å²) < 4.78 is 0. The third-order valence-electron chi connectivity index (χ3n) is 10.0. The first-order valence-corrected chi connectivity index (χ1v) is 13.8. The van der Waals surface area contributed by atoms with Gasteiger partial charge >= 0.3 is 0 Å². The van der Waals surface area contributed by atoms with E-state index >= 15 is 0 Å². The second-order valence-corrected chi connectivity index (χ2v) is 15.0. The maximum absolute atomic E-state index is 2.12. The molecule has 0 amide bonds. The summed E-state index contributed by atoms with van der Waals surface area (Å²) in [7, 11) is 1.38. The molecule has 0 saturated heterocycles. The molecule has 8 saturated carbocycles. The predicted molar refractivity (Wildman–Crippen MR) is 126 cm³/mol. The molecule has 0 aromatic heterocycles. The first kappa shape index (κ1) is 19.3. The van der Waals surface area contributed by atoms with Gasteiger partial charge in [0.15, 0.2) is 0 Å². The summed E-state index contributed by atoms with van der Waals surface area (Å²) in [5, 5.41) is 1.75. The largest absolute Gasteiger partial charge is 0.109 e. The highest BCUT2D eigenvalue weighted by molar-refractivity contribution is 7.42. The van der Waals surface area contributed by atoms with Gasteiger partial charge in [0.2, 0.25) is 0 Å². The molecule has 0 radical (unpaired) electrons. The summed E-state index contributed by atoms with van der Waals surface area (Å²) in [5.74, 6) is 6.99. The Morgan fingerprint density at radius 2 is 0.828 bits per heavy atom. The standard InChI is InChI=1S/C20H31P.C8H10/c1-13-2-15-3-14(1)8-19(7-13,9-15)21-20-10-16-4-17(11-20)6-18(5-16)12-20;1-7-5-3-4-6-8(7)2/h13-18,21H,1-12H2;3-6H,1-2H3. The fraction of sp³-hybridized carbons (Fsp3) is 0.786. The minimum Gasteiger partial charge on any atom is -0.109 e. The Kier molecular flexibility index (Phi) is 4.73. The molecule has 0 nitrogen and oxygen atoms in total. The van der Waals surface area contributed by atoms with Crippen molar-refractivity contribution in [3.05, 3.63) is 35.4 Å². The van der Waals surface area contributed by atoms with Crippen LogP contribution in [0, 0.1) is 49.4 Å². The Balaban J connectivity index is 0.000000176. The summed E-state index contributed by atoms with van der Waals surface area (Å²) in [6.07, 6.45) is 19.8. The highest BCUT2D eigenvalue weighted by Crippen LogP contribution is 2.71. The van der Waals surface area contributed by atoms with Crippen LogP contribution in [-0.2, 0) is 0 Å². The lowest BCUT2D eigenvalue weighted by atomic mass is 9.55. The molecule has 0 unspecified atom stereocenters. The summed E-state index contributed by atoms with van der Waals surface area (Å²) in [5.41, 5.74) is 2.74. The van der Waals surface area contributed by atoms with Crippen molar-refractivity contribution in [3.8, 4) is 0 Å². The Morgan fingerprint density at radius 1 is 0.552 bits per heavy atom. The van der Waals surface area contributed by atoms with E-state index in [0.29, 0.717) is 0 Å².